The van der Waals surface area contributed by atoms with Crippen molar-refractivity contribution in [3.05, 3.63) is 63.6 Å². The molecule has 2 aromatic carbocycles. The summed E-state index contributed by atoms with van der Waals surface area (Å²) in [5.41, 5.74) is 4.05. The normalized spacial score (nSPS) is 15.7. The van der Waals surface area contributed by atoms with E-state index in [1.54, 1.807) is 6.07 Å². The summed E-state index contributed by atoms with van der Waals surface area (Å²) in [6.07, 6.45) is 2.35. The molecule has 0 saturated carbocycles. The highest BCUT2D eigenvalue weighted by molar-refractivity contribution is 9.10. The van der Waals surface area contributed by atoms with Crippen LogP contribution in [0.25, 0.3) is 0 Å². The molecule has 1 heterocycles. The van der Waals surface area contributed by atoms with Crippen molar-refractivity contribution in [2.45, 2.75) is 25.9 Å². The predicted octanol–water partition coefficient (Wildman–Crippen LogP) is 4.10. The molecule has 1 N–H and O–H groups in total. The number of aromatic hydroxyl groups is 1. The summed E-state index contributed by atoms with van der Waals surface area (Å²) in [7, 11) is 0. The molecule has 20 heavy (non-hydrogen) atoms. The number of halogens is 1. The average Bonchev–Trinajstić information content (AvgIpc) is 2.64. The molecule has 0 saturated heterocycles. The Morgan fingerprint density at radius 1 is 1.10 bits per heavy atom. The highest BCUT2D eigenvalue weighted by Crippen LogP contribution is 2.25. The zero-order valence-corrected chi connectivity index (χ0v) is 12.9. The van der Waals surface area contributed by atoms with E-state index in [4.69, 9.17) is 0 Å². The minimum Gasteiger partial charge on any atom is -0.508 e. The van der Waals surface area contributed by atoms with Gasteiger partial charge >= 0.3 is 0 Å². The van der Waals surface area contributed by atoms with Gasteiger partial charge < -0.3 is 5.11 Å². The second-order valence-electron chi connectivity index (χ2n) is 5.36. The molecular weight excluding hydrogens is 314 g/mol. The molecular formula is C17H18BrNO. The van der Waals surface area contributed by atoms with E-state index >= 15 is 0 Å². The van der Waals surface area contributed by atoms with Crippen LogP contribution in [0.1, 0.15) is 23.1 Å². The quantitative estimate of drug-likeness (QED) is 0.895. The predicted molar refractivity (Wildman–Crippen MR) is 84.7 cm³/mol. The fraction of sp³-hybridized carbons (Fsp3) is 0.294. The molecule has 104 valence electrons. The Balaban J connectivity index is 1.80. The van der Waals surface area contributed by atoms with Gasteiger partial charge in [0.2, 0.25) is 0 Å². The Morgan fingerprint density at radius 3 is 2.75 bits per heavy atom. The lowest BCUT2D eigenvalue weighted by atomic mass is 10.0. The fourth-order valence-corrected chi connectivity index (χ4v) is 3.20. The molecule has 0 bridgehead atoms. The molecule has 1 aliphatic rings. The maximum Gasteiger partial charge on any atom is 0.115 e. The van der Waals surface area contributed by atoms with Crippen LogP contribution in [-0.4, -0.2) is 16.6 Å². The van der Waals surface area contributed by atoms with Crippen molar-refractivity contribution in [1.29, 1.82) is 0 Å². The number of rotatable bonds is 2. The summed E-state index contributed by atoms with van der Waals surface area (Å²) >= 11 is 3.57. The number of hydrogen-bond acceptors (Lipinski definition) is 2. The molecule has 0 aliphatic carbocycles. The molecule has 2 aromatic rings. The minimum atomic E-state index is 0.332. The van der Waals surface area contributed by atoms with E-state index in [1.165, 1.54) is 17.5 Å². The first kappa shape index (κ1) is 13.7. The molecule has 0 radical (unpaired) electrons. The van der Waals surface area contributed by atoms with Gasteiger partial charge in [-0.15, -0.1) is 0 Å². The maximum absolute atomic E-state index is 9.64. The summed E-state index contributed by atoms with van der Waals surface area (Å²) in [5, 5.41) is 9.64. The van der Waals surface area contributed by atoms with Gasteiger partial charge in [0.05, 0.1) is 0 Å². The third-order valence-electron chi connectivity index (χ3n) is 3.86. The highest BCUT2D eigenvalue weighted by Gasteiger charge is 2.15. The molecule has 0 unspecified atom stereocenters. The minimum absolute atomic E-state index is 0.332. The standard InChI is InChI=1S/C17H18BrNO/c18-17-8-7-16(20)10-15(17)12-19-9-3-6-13-4-1-2-5-14(13)11-19/h1-2,4-5,7-8,10,20H,3,6,9,11-12H2. The highest BCUT2D eigenvalue weighted by atomic mass is 79.9. The van der Waals surface area contributed by atoms with E-state index in [0.29, 0.717) is 5.75 Å². The number of aryl methyl sites for hydroxylation is 1. The van der Waals surface area contributed by atoms with Gasteiger partial charge in [-0.25, -0.2) is 0 Å². The molecule has 0 aromatic heterocycles. The second-order valence-corrected chi connectivity index (χ2v) is 6.21. The summed E-state index contributed by atoms with van der Waals surface area (Å²) < 4.78 is 1.06. The third kappa shape index (κ3) is 3.05. The summed E-state index contributed by atoms with van der Waals surface area (Å²) in [5.74, 6) is 0.332. The van der Waals surface area contributed by atoms with Gasteiger partial charge in [-0.2, -0.15) is 0 Å². The molecule has 0 fully saturated rings. The summed E-state index contributed by atoms with van der Waals surface area (Å²) in [6.45, 7) is 2.94. The summed E-state index contributed by atoms with van der Waals surface area (Å²) in [6, 6.07) is 14.2. The topological polar surface area (TPSA) is 23.5 Å². The first-order chi connectivity index (χ1) is 9.72. The monoisotopic (exact) mass is 331 g/mol. The van der Waals surface area contributed by atoms with Crippen LogP contribution in [0.3, 0.4) is 0 Å². The van der Waals surface area contributed by atoms with Crippen molar-refractivity contribution in [2.24, 2.45) is 0 Å². The van der Waals surface area contributed by atoms with Crippen molar-refractivity contribution in [2.75, 3.05) is 6.54 Å². The van der Waals surface area contributed by atoms with E-state index in [9.17, 15) is 5.11 Å². The van der Waals surface area contributed by atoms with E-state index < -0.39 is 0 Å². The Kier molecular flexibility index (Phi) is 4.08. The molecule has 3 heteroatoms. The van der Waals surface area contributed by atoms with Gasteiger partial charge in [-0.1, -0.05) is 40.2 Å². The van der Waals surface area contributed by atoms with Gasteiger partial charge in [-0.3, -0.25) is 4.90 Å². The van der Waals surface area contributed by atoms with Gasteiger partial charge in [0.1, 0.15) is 5.75 Å². The molecule has 3 rings (SSSR count). The number of nitrogens with zero attached hydrogens (tertiary/aromatic N) is 1. The van der Waals surface area contributed by atoms with Crippen LogP contribution >= 0.6 is 15.9 Å². The lowest BCUT2D eigenvalue weighted by Crippen LogP contribution is -2.22. The number of hydrogen-bond donors (Lipinski definition) is 1. The van der Waals surface area contributed by atoms with Crippen LogP contribution < -0.4 is 0 Å². The largest absolute Gasteiger partial charge is 0.508 e. The number of benzene rings is 2. The number of fused-ring (bicyclic) bond motifs is 1. The zero-order chi connectivity index (χ0) is 13.9. The molecule has 0 atom stereocenters. The maximum atomic E-state index is 9.64. The Hall–Kier alpha value is -1.32. The SMILES string of the molecule is Oc1ccc(Br)c(CN2CCCc3ccccc3C2)c1. The first-order valence-corrected chi connectivity index (χ1v) is 7.78. The van der Waals surface area contributed by atoms with Gasteiger partial charge in [0, 0.05) is 17.6 Å². The summed E-state index contributed by atoms with van der Waals surface area (Å²) in [4.78, 5) is 2.45. The van der Waals surface area contributed by atoms with Gasteiger partial charge in [-0.05, 0) is 54.3 Å². The van der Waals surface area contributed by atoms with E-state index in [1.807, 2.05) is 12.1 Å². The Morgan fingerprint density at radius 2 is 1.90 bits per heavy atom. The van der Waals surface area contributed by atoms with Crippen molar-refractivity contribution >= 4 is 15.9 Å². The first-order valence-electron chi connectivity index (χ1n) is 6.99. The van der Waals surface area contributed by atoms with Crippen LogP contribution in [0, 0.1) is 0 Å². The Bertz CT molecular complexity index is 612. The van der Waals surface area contributed by atoms with Crippen molar-refractivity contribution in [1.82, 2.24) is 4.90 Å². The van der Waals surface area contributed by atoms with E-state index in [0.717, 1.165) is 36.1 Å². The van der Waals surface area contributed by atoms with Crippen molar-refractivity contribution in [3.63, 3.8) is 0 Å². The van der Waals surface area contributed by atoms with Gasteiger partial charge in [0.15, 0.2) is 0 Å². The number of phenolic OH excluding ortho intramolecular Hbond substituents is 1. The van der Waals surface area contributed by atoms with Crippen LogP contribution in [0.15, 0.2) is 46.9 Å². The lowest BCUT2D eigenvalue weighted by molar-refractivity contribution is 0.260. The van der Waals surface area contributed by atoms with Crippen molar-refractivity contribution in [3.8, 4) is 5.75 Å². The zero-order valence-electron chi connectivity index (χ0n) is 11.3. The van der Waals surface area contributed by atoms with Crippen LogP contribution in [0.4, 0.5) is 0 Å². The molecule has 2 nitrogen and oxygen atoms in total. The fourth-order valence-electron chi connectivity index (χ4n) is 2.83. The number of phenols is 1. The lowest BCUT2D eigenvalue weighted by Gasteiger charge is -2.21. The van der Waals surface area contributed by atoms with Crippen LogP contribution in [0.5, 0.6) is 5.75 Å². The average molecular weight is 332 g/mol. The van der Waals surface area contributed by atoms with Gasteiger partial charge in [0.25, 0.3) is 0 Å². The second kappa shape index (κ2) is 5.98. The molecule has 0 amide bonds. The van der Waals surface area contributed by atoms with Crippen LogP contribution in [0.2, 0.25) is 0 Å². The van der Waals surface area contributed by atoms with E-state index in [-0.39, 0.29) is 0 Å². The van der Waals surface area contributed by atoms with E-state index in [2.05, 4.69) is 45.1 Å². The van der Waals surface area contributed by atoms with Crippen LogP contribution in [-0.2, 0) is 19.5 Å². The molecule has 1 aliphatic heterocycles. The molecule has 0 spiro atoms. The smallest absolute Gasteiger partial charge is 0.115 e. The third-order valence-corrected chi connectivity index (χ3v) is 4.63. The van der Waals surface area contributed by atoms with Crippen molar-refractivity contribution < 1.29 is 5.11 Å². The Labute approximate surface area is 128 Å².